The Morgan fingerprint density at radius 2 is 1.79 bits per heavy atom. The van der Waals surface area contributed by atoms with Crippen LogP contribution < -0.4 is 0 Å². The third-order valence-electron chi connectivity index (χ3n) is 5.99. The highest BCUT2D eigenvalue weighted by Crippen LogP contribution is 2.43. The SMILES string of the molecule is Cc1cccc(C2/C(=C(/O)c3ccc(Br)c(C)c3)C(=O)C(=O)N2C2CCCC2)c1. The van der Waals surface area contributed by atoms with Crippen LogP contribution in [0.2, 0.25) is 0 Å². The second kappa shape index (κ2) is 7.79. The lowest BCUT2D eigenvalue weighted by Crippen LogP contribution is -2.37. The minimum absolute atomic E-state index is 0.0360. The summed E-state index contributed by atoms with van der Waals surface area (Å²) < 4.78 is 0.927. The number of hydrogen-bond donors (Lipinski definition) is 1. The zero-order valence-corrected chi connectivity index (χ0v) is 18.2. The van der Waals surface area contributed by atoms with E-state index in [2.05, 4.69) is 15.9 Å². The molecular formula is C24H24BrNO3. The van der Waals surface area contributed by atoms with E-state index in [-0.39, 0.29) is 17.4 Å². The van der Waals surface area contributed by atoms with Crippen LogP contribution in [-0.2, 0) is 9.59 Å². The standard InChI is InChI=1S/C24H24BrNO3/c1-14-6-5-7-16(12-14)21-20(22(27)17-10-11-19(25)15(2)13-17)23(28)24(29)26(21)18-8-3-4-9-18/h5-7,10-13,18,21,27H,3-4,8-9H2,1-2H3/b22-20-. The first-order valence-electron chi connectivity index (χ1n) is 10.0. The van der Waals surface area contributed by atoms with Crippen LogP contribution in [0.4, 0.5) is 0 Å². The smallest absolute Gasteiger partial charge is 0.295 e. The number of nitrogens with zero attached hydrogens (tertiary/aromatic N) is 1. The molecule has 1 saturated heterocycles. The molecule has 0 bridgehead atoms. The quantitative estimate of drug-likeness (QED) is 0.382. The lowest BCUT2D eigenvalue weighted by Gasteiger charge is -2.31. The van der Waals surface area contributed by atoms with Crippen LogP contribution in [0.5, 0.6) is 0 Å². The van der Waals surface area contributed by atoms with Crippen molar-refractivity contribution in [2.45, 2.75) is 51.6 Å². The lowest BCUT2D eigenvalue weighted by molar-refractivity contribution is -0.141. The fraction of sp³-hybridized carbons (Fsp3) is 0.333. The molecule has 2 aromatic rings. The van der Waals surface area contributed by atoms with E-state index in [0.717, 1.165) is 46.8 Å². The number of hydrogen-bond acceptors (Lipinski definition) is 3. The van der Waals surface area contributed by atoms with Gasteiger partial charge in [0.25, 0.3) is 11.7 Å². The maximum atomic E-state index is 13.1. The molecule has 4 nitrogen and oxygen atoms in total. The highest BCUT2D eigenvalue weighted by Gasteiger charge is 2.49. The summed E-state index contributed by atoms with van der Waals surface area (Å²) in [6.07, 6.45) is 3.90. The topological polar surface area (TPSA) is 57.6 Å². The minimum Gasteiger partial charge on any atom is -0.507 e. The van der Waals surface area contributed by atoms with Crippen molar-refractivity contribution in [3.05, 3.63) is 74.8 Å². The van der Waals surface area contributed by atoms with E-state index in [9.17, 15) is 14.7 Å². The van der Waals surface area contributed by atoms with Gasteiger partial charge in [-0.2, -0.15) is 0 Å². The summed E-state index contributed by atoms with van der Waals surface area (Å²) in [6.45, 7) is 3.92. The fourth-order valence-electron chi connectivity index (χ4n) is 4.52. The number of carbonyl (C=O) groups excluding carboxylic acids is 2. The van der Waals surface area contributed by atoms with Crippen molar-refractivity contribution in [2.24, 2.45) is 0 Å². The Bertz CT molecular complexity index is 1020. The van der Waals surface area contributed by atoms with E-state index < -0.39 is 17.7 Å². The van der Waals surface area contributed by atoms with Crippen molar-refractivity contribution >= 4 is 33.4 Å². The van der Waals surface area contributed by atoms with Crippen molar-refractivity contribution in [2.75, 3.05) is 0 Å². The van der Waals surface area contributed by atoms with Crippen LogP contribution in [0.15, 0.2) is 52.5 Å². The summed E-state index contributed by atoms with van der Waals surface area (Å²) in [5, 5.41) is 11.2. The van der Waals surface area contributed by atoms with Gasteiger partial charge < -0.3 is 10.0 Å². The maximum Gasteiger partial charge on any atom is 0.295 e. The third kappa shape index (κ3) is 3.52. The largest absolute Gasteiger partial charge is 0.507 e. The molecule has 1 N–H and O–H groups in total. The number of carbonyl (C=O) groups is 2. The van der Waals surface area contributed by atoms with Gasteiger partial charge in [0, 0.05) is 16.1 Å². The second-order valence-electron chi connectivity index (χ2n) is 8.02. The average molecular weight is 454 g/mol. The number of aliphatic hydroxyl groups excluding tert-OH is 1. The van der Waals surface area contributed by atoms with Gasteiger partial charge in [-0.3, -0.25) is 9.59 Å². The summed E-state index contributed by atoms with van der Waals surface area (Å²) in [5.74, 6) is -1.20. The van der Waals surface area contributed by atoms with Gasteiger partial charge in [-0.1, -0.05) is 64.7 Å². The van der Waals surface area contributed by atoms with Gasteiger partial charge in [0.05, 0.1) is 11.6 Å². The molecule has 1 aliphatic carbocycles. The van der Waals surface area contributed by atoms with Gasteiger partial charge in [0.2, 0.25) is 0 Å². The Hall–Kier alpha value is -2.40. The molecule has 1 saturated carbocycles. The predicted molar refractivity (Wildman–Crippen MR) is 116 cm³/mol. The molecule has 1 aliphatic heterocycles. The van der Waals surface area contributed by atoms with Gasteiger partial charge in [0.1, 0.15) is 5.76 Å². The van der Waals surface area contributed by atoms with Crippen LogP contribution in [-0.4, -0.2) is 27.7 Å². The first kappa shape index (κ1) is 19.9. The monoisotopic (exact) mass is 453 g/mol. The molecule has 0 spiro atoms. The van der Waals surface area contributed by atoms with Crippen LogP contribution in [0.3, 0.4) is 0 Å². The van der Waals surface area contributed by atoms with E-state index in [4.69, 9.17) is 0 Å². The maximum absolute atomic E-state index is 13.1. The molecule has 2 fully saturated rings. The molecule has 1 unspecified atom stereocenters. The number of ketones is 1. The van der Waals surface area contributed by atoms with Gasteiger partial charge in [-0.15, -0.1) is 0 Å². The Morgan fingerprint density at radius 3 is 2.45 bits per heavy atom. The number of halogens is 1. The summed E-state index contributed by atoms with van der Waals surface area (Å²) in [5.41, 5.74) is 3.61. The molecule has 4 rings (SSSR count). The van der Waals surface area contributed by atoms with Crippen LogP contribution in [0, 0.1) is 13.8 Å². The Morgan fingerprint density at radius 1 is 1.07 bits per heavy atom. The normalized spacial score (nSPS) is 21.9. The van der Waals surface area contributed by atoms with Gasteiger partial charge in [-0.05, 0) is 49.9 Å². The molecule has 1 amide bonds. The minimum atomic E-state index is -0.596. The van der Waals surface area contributed by atoms with E-state index in [0.29, 0.717) is 5.56 Å². The molecular weight excluding hydrogens is 430 g/mol. The Labute approximate surface area is 179 Å². The van der Waals surface area contributed by atoms with Gasteiger partial charge >= 0.3 is 0 Å². The molecule has 2 aromatic carbocycles. The van der Waals surface area contributed by atoms with Gasteiger partial charge in [0.15, 0.2) is 0 Å². The van der Waals surface area contributed by atoms with Crippen LogP contribution in [0.25, 0.3) is 5.76 Å². The van der Waals surface area contributed by atoms with Crippen molar-refractivity contribution in [1.82, 2.24) is 4.90 Å². The zero-order chi connectivity index (χ0) is 20.7. The molecule has 0 aromatic heterocycles. The number of rotatable bonds is 3. The fourth-order valence-corrected chi connectivity index (χ4v) is 4.77. The third-order valence-corrected chi connectivity index (χ3v) is 6.88. The molecule has 150 valence electrons. The summed E-state index contributed by atoms with van der Waals surface area (Å²) in [6, 6.07) is 12.8. The van der Waals surface area contributed by atoms with Crippen molar-refractivity contribution in [1.29, 1.82) is 0 Å². The molecule has 29 heavy (non-hydrogen) atoms. The molecule has 1 atom stereocenters. The second-order valence-corrected chi connectivity index (χ2v) is 8.88. The molecule has 2 aliphatic rings. The predicted octanol–water partition coefficient (Wildman–Crippen LogP) is 5.43. The molecule has 1 heterocycles. The van der Waals surface area contributed by atoms with E-state index >= 15 is 0 Å². The van der Waals surface area contributed by atoms with E-state index in [1.54, 1.807) is 11.0 Å². The zero-order valence-electron chi connectivity index (χ0n) is 16.6. The first-order chi connectivity index (χ1) is 13.9. The van der Waals surface area contributed by atoms with Crippen LogP contribution in [0.1, 0.15) is 54.0 Å². The number of amides is 1. The van der Waals surface area contributed by atoms with Crippen molar-refractivity contribution in [3.63, 3.8) is 0 Å². The highest BCUT2D eigenvalue weighted by atomic mass is 79.9. The molecule has 5 heteroatoms. The molecule has 0 radical (unpaired) electrons. The van der Waals surface area contributed by atoms with Crippen LogP contribution >= 0.6 is 15.9 Å². The average Bonchev–Trinajstić information content (AvgIpc) is 3.31. The number of Topliss-reactive ketones (excluding diaryl/α,β-unsaturated/α-hetero) is 1. The lowest BCUT2D eigenvalue weighted by atomic mass is 9.93. The number of aliphatic hydroxyl groups is 1. The first-order valence-corrected chi connectivity index (χ1v) is 10.8. The highest BCUT2D eigenvalue weighted by molar-refractivity contribution is 9.10. The van der Waals surface area contributed by atoms with Gasteiger partial charge in [-0.25, -0.2) is 0 Å². The van der Waals surface area contributed by atoms with Crippen molar-refractivity contribution < 1.29 is 14.7 Å². The number of benzene rings is 2. The Kier molecular flexibility index (Phi) is 5.34. The summed E-state index contributed by atoms with van der Waals surface area (Å²) >= 11 is 3.47. The van der Waals surface area contributed by atoms with E-state index in [1.165, 1.54) is 0 Å². The summed E-state index contributed by atoms with van der Waals surface area (Å²) in [7, 11) is 0. The van der Waals surface area contributed by atoms with Crippen molar-refractivity contribution in [3.8, 4) is 0 Å². The summed E-state index contributed by atoms with van der Waals surface area (Å²) in [4.78, 5) is 27.9. The number of likely N-dealkylation sites (tertiary alicyclic amines) is 1. The number of aryl methyl sites for hydroxylation is 2. The Balaban J connectivity index is 1.90. The van der Waals surface area contributed by atoms with E-state index in [1.807, 2.05) is 50.2 Å².